The van der Waals surface area contributed by atoms with E-state index in [9.17, 15) is 9.59 Å². The Bertz CT molecular complexity index is 694. The summed E-state index contributed by atoms with van der Waals surface area (Å²) >= 11 is 0. The lowest BCUT2D eigenvalue weighted by Gasteiger charge is -2.56. The fourth-order valence-electron chi connectivity index (χ4n) is 6.79. The van der Waals surface area contributed by atoms with Crippen molar-refractivity contribution in [1.82, 2.24) is 9.80 Å². The number of hydrogen-bond donors (Lipinski definition) is 0. The van der Waals surface area contributed by atoms with Crippen LogP contribution in [0, 0.1) is 23.2 Å². The lowest BCUT2D eigenvalue weighted by molar-refractivity contribution is -0.157. The summed E-state index contributed by atoms with van der Waals surface area (Å²) in [4.78, 5) is 30.4. The fourth-order valence-corrected chi connectivity index (χ4v) is 6.79. The molecule has 1 aromatic rings. The van der Waals surface area contributed by atoms with Crippen LogP contribution in [0.5, 0.6) is 0 Å². The van der Waals surface area contributed by atoms with Crippen LogP contribution in [0.1, 0.15) is 55.3 Å². The van der Waals surface area contributed by atoms with Crippen molar-refractivity contribution in [2.75, 3.05) is 26.2 Å². The predicted octanol–water partition coefficient (Wildman–Crippen LogP) is 3.58. The summed E-state index contributed by atoms with van der Waals surface area (Å²) in [7, 11) is 0. The first-order valence-corrected chi connectivity index (χ1v) is 10.8. The minimum Gasteiger partial charge on any atom is -0.340 e. The molecule has 6 rings (SSSR count). The van der Waals surface area contributed by atoms with E-state index in [1.807, 2.05) is 35.2 Å². The van der Waals surface area contributed by atoms with Crippen molar-refractivity contribution in [3.8, 4) is 0 Å². The van der Waals surface area contributed by atoms with Crippen molar-refractivity contribution in [3.05, 3.63) is 35.9 Å². The van der Waals surface area contributed by atoms with Gasteiger partial charge in [0.2, 0.25) is 5.91 Å². The van der Waals surface area contributed by atoms with Gasteiger partial charge >= 0.3 is 0 Å². The zero-order valence-corrected chi connectivity index (χ0v) is 16.1. The maximum Gasteiger partial charge on any atom is 0.253 e. The summed E-state index contributed by atoms with van der Waals surface area (Å²) in [6.45, 7) is 2.91. The molecule has 0 atom stereocenters. The second-order valence-electron chi connectivity index (χ2n) is 9.50. The molecule has 0 aromatic heterocycles. The highest BCUT2D eigenvalue weighted by Gasteiger charge is 2.55. The van der Waals surface area contributed by atoms with E-state index in [0.29, 0.717) is 19.0 Å². The molecule has 4 saturated carbocycles. The third-order valence-corrected chi connectivity index (χ3v) is 7.58. The van der Waals surface area contributed by atoms with Crippen molar-refractivity contribution in [2.45, 2.75) is 44.9 Å². The monoisotopic (exact) mass is 366 g/mol. The third kappa shape index (κ3) is 3.07. The Morgan fingerprint density at radius 3 is 1.96 bits per heavy atom. The van der Waals surface area contributed by atoms with Crippen molar-refractivity contribution in [1.29, 1.82) is 0 Å². The zero-order chi connectivity index (χ0) is 18.4. The van der Waals surface area contributed by atoms with Gasteiger partial charge in [-0.05, 0) is 74.8 Å². The maximum atomic E-state index is 13.6. The summed E-state index contributed by atoms with van der Waals surface area (Å²) in [5.74, 6) is 2.89. The van der Waals surface area contributed by atoms with E-state index in [2.05, 4.69) is 4.90 Å². The van der Waals surface area contributed by atoms with Crippen molar-refractivity contribution >= 4 is 11.8 Å². The van der Waals surface area contributed by atoms with Gasteiger partial charge in [0.1, 0.15) is 0 Å². The van der Waals surface area contributed by atoms with E-state index in [4.69, 9.17) is 0 Å². The largest absolute Gasteiger partial charge is 0.340 e. The molecule has 2 amide bonds. The first-order chi connectivity index (χ1) is 13.1. The summed E-state index contributed by atoms with van der Waals surface area (Å²) in [5, 5.41) is 0. The Hall–Kier alpha value is -1.84. The molecule has 0 unspecified atom stereocenters. The molecule has 0 spiro atoms. The highest BCUT2D eigenvalue weighted by atomic mass is 16.2. The van der Waals surface area contributed by atoms with Crippen LogP contribution >= 0.6 is 0 Å². The van der Waals surface area contributed by atoms with E-state index >= 15 is 0 Å². The lowest BCUT2D eigenvalue weighted by atomic mass is 9.49. The Morgan fingerprint density at radius 1 is 0.778 bits per heavy atom. The van der Waals surface area contributed by atoms with Gasteiger partial charge in [-0.2, -0.15) is 0 Å². The average molecular weight is 367 g/mol. The van der Waals surface area contributed by atoms with E-state index in [-0.39, 0.29) is 11.3 Å². The van der Waals surface area contributed by atoms with Crippen LogP contribution in [-0.2, 0) is 4.79 Å². The van der Waals surface area contributed by atoms with Crippen LogP contribution in [0.4, 0.5) is 0 Å². The predicted molar refractivity (Wildman–Crippen MR) is 104 cm³/mol. The second-order valence-corrected chi connectivity index (χ2v) is 9.50. The lowest BCUT2D eigenvalue weighted by Crippen LogP contribution is -2.55. The van der Waals surface area contributed by atoms with Crippen molar-refractivity contribution in [2.24, 2.45) is 23.2 Å². The molecule has 5 fully saturated rings. The number of amides is 2. The van der Waals surface area contributed by atoms with Crippen molar-refractivity contribution in [3.63, 3.8) is 0 Å². The van der Waals surface area contributed by atoms with Gasteiger partial charge in [-0.3, -0.25) is 9.59 Å². The molecule has 4 heteroatoms. The van der Waals surface area contributed by atoms with Crippen LogP contribution in [0.2, 0.25) is 0 Å². The van der Waals surface area contributed by atoms with Gasteiger partial charge in [0, 0.05) is 31.7 Å². The smallest absolute Gasteiger partial charge is 0.253 e. The summed E-state index contributed by atoms with van der Waals surface area (Å²) in [5.41, 5.74) is 0.686. The minimum absolute atomic E-state index is 0.0621. The molecule has 0 N–H and O–H groups in total. The Labute approximate surface area is 161 Å². The topological polar surface area (TPSA) is 40.6 Å². The van der Waals surface area contributed by atoms with Crippen LogP contribution < -0.4 is 0 Å². The summed E-state index contributed by atoms with van der Waals surface area (Å²) in [6.07, 6.45) is 8.36. The second kappa shape index (κ2) is 6.65. The SMILES string of the molecule is O=C(c1ccccc1)N1CCCN(C(=O)C23CC4CC(CC(C4)C2)C3)CC1. The first kappa shape index (κ1) is 17.3. The molecule has 1 saturated heterocycles. The van der Waals surface area contributed by atoms with Gasteiger partial charge in [0.05, 0.1) is 5.41 Å². The molecular weight excluding hydrogens is 336 g/mol. The molecule has 4 nitrogen and oxygen atoms in total. The molecule has 5 aliphatic rings. The van der Waals surface area contributed by atoms with E-state index < -0.39 is 0 Å². The van der Waals surface area contributed by atoms with Crippen LogP contribution in [-0.4, -0.2) is 47.8 Å². The number of rotatable bonds is 2. The zero-order valence-electron chi connectivity index (χ0n) is 16.1. The molecule has 144 valence electrons. The Kier molecular flexibility index (Phi) is 4.25. The molecule has 1 heterocycles. The van der Waals surface area contributed by atoms with Gasteiger partial charge < -0.3 is 9.80 Å². The molecule has 27 heavy (non-hydrogen) atoms. The Morgan fingerprint density at radius 2 is 1.33 bits per heavy atom. The fraction of sp³-hybridized carbons (Fsp3) is 0.652. The minimum atomic E-state index is -0.0621. The van der Waals surface area contributed by atoms with Gasteiger partial charge in [-0.1, -0.05) is 18.2 Å². The van der Waals surface area contributed by atoms with Crippen LogP contribution in [0.25, 0.3) is 0 Å². The van der Waals surface area contributed by atoms with Gasteiger partial charge in [0.25, 0.3) is 5.91 Å². The molecule has 4 bridgehead atoms. The van der Waals surface area contributed by atoms with E-state index in [0.717, 1.165) is 62.1 Å². The number of carbonyl (C=O) groups excluding carboxylic acids is 2. The molecule has 0 radical (unpaired) electrons. The van der Waals surface area contributed by atoms with Gasteiger partial charge in [-0.25, -0.2) is 0 Å². The van der Waals surface area contributed by atoms with Gasteiger partial charge in [0.15, 0.2) is 0 Å². The number of carbonyl (C=O) groups is 2. The molecule has 4 aliphatic carbocycles. The number of nitrogens with zero attached hydrogens (tertiary/aromatic N) is 2. The van der Waals surface area contributed by atoms with Crippen molar-refractivity contribution < 1.29 is 9.59 Å². The highest BCUT2D eigenvalue weighted by molar-refractivity contribution is 5.94. The molecular formula is C23H30N2O2. The highest BCUT2D eigenvalue weighted by Crippen LogP contribution is 2.60. The van der Waals surface area contributed by atoms with E-state index in [1.165, 1.54) is 19.3 Å². The van der Waals surface area contributed by atoms with Crippen LogP contribution in [0.15, 0.2) is 30.3 Å². The summed E-state index contributed by atoms with van der Waals surface area (Å²) < 4.78 is 0. The maximum absolute atomic E-state index is 13.6. The third-order valence-electron chi connectivity index (χ3n) is 7.58. The van der Waals surface area contributed by atoms with Crippen LogP contribution in [0.3, 0.4) is 0 Å². The number of hydrogen-bond acceptors (Lipinski definition) is 2. The number of benzene rings is 1. The average Bonchev–Trinajstić information content (AvgIpc) is 2.92. The first-order valence-electron chi connectivity index (χ1n) is 10.8. The quantitative estimate of drug-likeness (QED) is 0.803. The standard InChI is InChI=1S/C23H30N2O2/c26-21(20-5-2-1-3-6-20)24-7-4-8-25(10-9-24)22(27)23-14-17-11-18(15-23)13-19(12-17)16-23/h1-3,5-6,17-19H,4,7-16H2. The summed E-state index contributed by atoms with van der Waals surface area (Å²) in [6, 6.07) is 9.52. The Balaban J connectivity index is 1.27. The van der Waals surface area contributed by atoms with Gasteiger partial charge in [-0.15, -0.1) is 0 Å². The molecule has 1 aromatic carbocycles. The normalized spacial score (nSPS) is 35.2. The van der Waals surface area contributed by atoms with E-state index in [1.54, 1.807) is 0 Å². The molecule has 1 aliphatic heterocycles.